The Morgan fingerprint density at radius 1 is 0.850 bits per heavy atom. The van der Waals surface area contributed by atoms with Crippen LogP contribution < -0.4 is 0 Å². The van der Waals surface area contributed by atoms with Crippen LogP contribution in [0.1, 0.15) is 16.7 Å². The lowest BCUT2D eigenvalue weighted by atomic mass is 9.96. The second-order valence-electron chi connectivity index (χ2n) is 4.82. The van der Waals surface area contributed by atoms with E-state index in [2.05, 4.69) is 81.2 Å². The molecule has 0 bridgehead atoms. The van der Waals surface area contributed by atoms with Crippen LogP contribution in [0.3, 0.4) is 0 Å². The van der Waals surface area contributed by atoms with Gasteiger partial charge in [-0.3, -0.25) is 0 Å². The van der Waals surface area contributed by atoms with Crippen LogP contribution in [0.5, 0.6) is 0 Å². The summed E-state index contributed by atoms with van der Waals surface area (Å²) in [5, 5.41) is 1.75. The summed E-state index contributed by atoms with van der Waals surface area (Å²) in [5.74, 6) is 0. The minimum atomic E-state index is 0.874. The van der Waals surface area contributed by atoms with E-state index in [-0.39, 0.29) is 0 Å². The summed E-state index contributed by atoms with van der Waals surface area (Å²) in [6.07, 6.45) is 0. The van der Waals surface area contributed by atoms with Gasteiger partial charge in [-0.25, -0.2) is 0 Å². The standard InChI is InChI=1S/C17H14Br2S/c1-11-6-7-17-13(8-11)15(10-19)14(9-18)12-4-2-3-5-16(12)20-17/h2-8H,9-10H2,1H3. The monoisotopic (exact) mass is 408 g/mol. The highest BCUT2D eigenvalue weighted by Gasteiger charge is 2.20. The van der Waals surface area contributed by atoms with Crippen molar-refractivity contribution in [3.63, 3.8) is 0 Å². The number of halogens is 2. The number of aryl methyl sites for hydroxylation is 1. The van der Waals surface area contributed by atoms with E-state index in [1.807, 2.05) is 11.8 Å². The summed E-state index contributed by atoms with van der Waals surface area (Å²) in [7, 11) is 0. The van der Waals surface area contributed by atoms with Crippen LogP contribution >= 0.6 is 43.6 Å². The van der Waals surface area contributed by atoms with Gasteiger partial charge in [0.25, 0.3) is 0 Å². The molecular formula is C17H14Br2S. The van der Waals surface area contributed by atoms with Gasteiger partial charge in [0.1, 0.15) is 0 Å². The lowest BCUT2D eigenvalue weighted by molar-refractivity contribution is 1.33. The van der Waals surface area contributed by atoms with Crippen molar-refractivity contribution in [2.75, 3.05) is 10.7 Å². The molecule has 1 aliphatic heterocycles. The average Bonchev–Trinajstić information content (AvgIpc) is 2.60. The van der Waals surface area contributed by atoms with Crippen LogP contribution in [0.2, 0.25) is 0 Å². The molecule has 3 rings (SSSR count). The van der Waals surface area contributed by atoms with Crippen LogP contribution in [0.4, 0.5) is 0 Å². The van der Waals surface area contributed by atoms with Crippen molar-refractivity contribution >= 4 is 54.8 Å². The van der Waals surface area contributed by atoms with Gasteiger partial charge in [-0.15, -0.1) is 0 Å². The van der Waals surface area contributed by atoms with E-state index in [1.54, 1.807) is 0 Å². The summed E-state index contributed by atoms with van der Waals surface area (Å²) in [6, 6.07) is 15.4. The van der Waals surface area contributed by atoms with E-state index in [1.165, 1.54) is 37.6 Å². The van der Waals surface area contributed by atoms with Gasteiger partial charge in [-0.2, -0.15) is 0 Å². The first-order chi connectivity index (χ1) is 9.74. The van der Waals surface area contributed by atoms with E-state index in [9.17, 15) is 0 Å². The van der Waals surface area contributed by atoms with Crippen LogP contribution in [0, 0.1) is 6.92 Å². The normalized spacial score (nSPS) is 13.8. The Morgan fingerprint density at radius 3 is 2.25 bits per heavy atom. The van der Waals surface area contributed by atoms with E-state index in [0.29, 0.717) is 0 Å². The van der Waals surface area contributed by atoms with Gasteiger partial charge in [0.05, 0.1) is 0 Å². The zero-order chi connectivity index (χ0) is 14.1. The Hall–Kier alpha value is -0.510. The van der Waals surface area contributed by atoms with Gasteiger partial charge in [0.15, 0.2) is 0 Å². The molecule has 102 valence electrons. The second kappa shape index (κ2) is 6.08. The lowest BCUT2D eigenvalue weighted by Crippen LogP contribution is -1.95. The number of hydrogen-bond acceptors (Lipinski definition) is 1. The molecule has 1 heterocycles. The van der Waals surface area contributed by atoms with Gasteiger partial charge in [-0.05, 0) is 41.3 Å². The molecule has 0 saturated heterocycles. The topological polar surface area (TPSA) is 0 Å². The summed E-state index contributed by atoms with van der Waals surface area (Å²) in [6.45, 7) is 2.16. The first-order valence-electron chi connectivity index (χ1n) is 6.47. The van der Waals surface area contributed by atoms with Crippen molar-refractivity contribution in [2.45, 2.75) is 16.7 Å². The molecule has 0 aliphatic carbocycles. The zero-order valence-electron chi connectivity index (χ0n) is 11.1. The zero-order valence-corrected chi connectivity index (χ0v) is 15.1. The molecule has 2 aromatic rings. The van der Waals surface area contributed by atoms with Gasteiger partial charge in [0, 0.05) is 20.5 Å². The van der Waals surface area contributed by atoms with Crippen molar-refractivity contribution in [3.8, 4) is 0 Å². The number of benzene rings is 2. The first kappa shape index (κ1) is 14.4. The summed E-state index contributed by atoms with van der Waals surface area (Å²) in [5.41, 5.74) is 6.78. The van der Waals surface area contributed by atoms with Gasteiger partial charge >= 0.3 is 0 Å². The SMILES string of the molecule is Cc1ccc2c(c1)C(CBr)=C(CBr)c1ccccc1S2. The first-order valence-corrected chi connectivity index (χ1v) is 9.52. The Morgan fingerprint density at radius 2 is 1.50 bits per heavy atom. The molecular weight excluding hydrogens is 396 g/mol. The van der Waals surface area contributed by atoms with Crippen molar-refractivity contribution in [3.05, 3.63) is 59.2 Å². The Labute approximate surface area is 140 Å². The minimum Gasteiger partial charge on any atom is -0.0888 e. The summed E-state index contributed by atoms with van der Waals surface area (Å²) < 4.78 is 0. The lowest BCUT2D eigenvalue weighted by Gasteiger charge is -2.12. The number of rotatable bonds is 2. The quantitative estimate of drug-likeness (QED) is 0.535. The fourth-order valence-electron chi connectivity index (χ4n) is 2.52. The van der Waals surface area contributed by atoms with Gasteiger partial charge in [0.2, 0.25) is 0 Å². The number of allylic oxidation sites excluding steroid dienone is 2. The third-order valence-corrected chi connectivity index (χ3v) is 5.80. The Bertz CT molecular complexity index is 689. The fraction of sp³-hybridized carbons (Fsp3) is 0.176. The van der Waals surface area contributed by atoms with Crippen molar-refractivity contribution < 1.29 is 0 Å². The maximum Gasteiger partial charge on any atom is 0.0292 e. The molecule has 0 nitrogen and oxygen atoms in total. The van der Waals surface area contributed by atoms with E-state index in [4.69, 9.17) is 0 Å². The van der Waals surface area contributed by atoms with Gasteiger partial charge < -0.3 is 0 Å². The fourth-order valence-corrected chi connectivity index (χ4v) is 4.92. The molecule has 2 aromatic carbocycles. The second-order valence-corrected chi connectivity index (χ2v) is 7.03. The van der Waals surface area contributed by atoms with Crippen molar-refractivity contribution in [2.24, 2.45) is 0 Å². The molecule has 0 spiro atoms. The molecule has 0 saturated carbocycles. The molecule has 0 unspecified atom stereocenters. The van der Waals surface area contributed by atoms with E-state index in [0.717, 1.165) is 10.7 Å². The van der Waals surface area contributed by atoms with Crippen LogP contribution in [-0.2, 0) is 0 Å². The largest absolute Gasteiger partial charge is 0.0888 e. The molecule has 0 atom stereocenters. The number of hydrogen-bond donors (Lipinski definition) is 0. The van der Waals surface area contributed by atoms with E-state index >= 15 is 0 Å². The third-order valence-electron chi connectivity index (χ3n) is 3.52. The summed E-state index contributed by atoms with van der Waals surface area (Å²) in [4.78, 5) is 2.68. The highest BCUT2D eigenvalue weighted by molar-refractivity contribution is 9.09. The molecule has 0 amide bonds. The number of alkyl halides is 2. The Balaban J connectivity index is 2.34. The summed E-state index contributed by atoms with van der Waals surface area (Å²) >= 11 is 9.23. The smallest absolute Gasteiger partial charge is 0.0292 e. The van der Waals surface area contributed by atoms with Crippen LogP contribution in [-0.4, -0.2) is 10.7 Å². The molecule has 0 fully saturated rings. The average molecular weight is 410 g/mol. The molecule has 0 aromatic heterocycles. The Kier molecular flexibility index (Phi) is 4.39. The predicted molar refractivity (Wildman–Crippen MR) is 96.1 cm³/mol. The predicted octanol–water partition coefficient (Wildman–Crippen LogP) is 6.16. The maximum atomic E-state index is 3.69. The molecule has 3 heteroatoms. The van der Waals surface area contributed by atoms with Crippen molar-refractivity contribution in [1.82, 2.24) is 0 Å². The molecule has 0 radical (unpaired) electrons. The van der Waals surface area contributed by atoms with Gasteiger partial charge in [-0.1, -0.05) is 79.5 Å². The highest BCUT2D eigenvalue weighted by Crippen LogP contribution is 2.45. The number of fused-ring (bicyclic) bond motifs is 2. The van der Waals surface area contributed by atoms with Crippen LogP contribution in [0.25, 0.3) is 11.1 Å². The van der Waals surface area contributed by atoms with Crippen LogP contribution in [0.15, 0.2) is 52.3 Å². The highest BCUT2D eigenvalue weighted by atomic mass is 79.9. The molecule has 1 aliphatic rings. The molecule has 0 N–H and O–H groups in total. The minimum absolute atomic E-state index is 0.874. The van der Waals surface area contributed by atoms with E-state index < -0.39 is 0 Å². The molecule has 20 heavy (non-hydrogen) atoms. The third kappa shape index (κ3) is 2.51. The van der Waals surface area contributed by atoms with Crippen molar-refractivity contribution in [1.29, 1.82) is 0 Å². The maximum absolute atomic E-state index is 3.69.